The number of ether oxygens (including phenoxy) is 1. The van der Waals surface area contributed by atoms with Crippen LogP contribution < -0.4 is 0 Å². The Morgan fingerprint density at radius 3 is 2.60 bits per heavy atom. The standard InChI is InChI=1S/C12H21NO6S/c1-2-19-11(14)7-9-20(17,18)13-8-5-3-4-6-10(13)12(15)16/h10H,2-9H2,1H3,(H,15,16). The Labute approximate surface area is 118 Å². The number of carboxylic acid groups (broad SMARTS) is 1. The SMILES string of the molecule is CCOC(=O)CCS(=O)(=O)N1CCCCCC1C(=O)O. The molecule has 0 bridgehead atoms. The quantitative estimate of drug-likeness (QED) is 0.721. The fraction of sp³-hybridized carbons (Fsp3) is 0.833. The maximum Gasteiger partial charge on any atom is 0.322 e. The molecule has 7 nitrogen and oxygen atoms in total. The summed E-state index contributed by atoms with van der Waals surface area (Å²) < 4.78 is 30.1. The molecule has 1 fully saturated rings. The van der Waals surface area contributed by atoms with Gasteiger partial charge in [0.15, 0.2) is 0 Å². The number of carbonyl (C=O) groups excluding carboxylic acids is 1. The van der Waals surface area contributed by atoms with E-state index in [9.17, 15) is 18.0 Å². The number of carboxylic acids is 1. The van der Waals surface area contributed by atoms with Crippen molar-refractivity contribution in [2.75, 3.05) is 18.9 Å². The van der Waals surface area contributed by atoms with E-state index in [1.807, 2.05) is 0 Å². The van der Waals surface area contributed by atoms with Crippen molar-refractivity contribution in [2.24, 2.45) is 0 Å². The molecule has 1 unspecified atom stereocenters. The van der Waals surface area contributed by atoms with E-state index in [2.05, 4.69) is 4.74 Å². The average molecular weight is 307 g/mol. The highest BCUT2D eigenvalue weighted by Gasteiger charge is 2.35. The summed E-state index contributed by atoms with van der Waals surface area (Å²) >= 11 is 0. The van der Waals surface area contributed by atoms with Crippen molar-refractivity contribution in [3.8, 4) is 0 Å². The summed E-state index contributed by atoms with van der Waals surface area (Å²) in [5.41, 5.74) is 0. The minimum absolute atomic E-state index is 0.195. The second kappa shape index (κ2) is 7.58. The lowest BCUT2D eigenvalue weighted by Gasteiger charge is -2.25. The van der Waals surface area contributed by atoms with Gasteiger partial charge < -0.3 is 9.84 Å². The second-order valence-corrected chi connectivity index (χ2v) is 6.73. The predicted molar refractivity (Wildman–Crippen MR) is 71.6 cm³/mol. The molecule has 0 aliphatic carbocycles. The molecule has 1 atom stereocenters. The molecule has 0 aromatic rings. The summed E-state index contributed by atoms with van der Waals surface area (Å²) in [4.78, 5) is 22.4. The molecule has 1 aliphatic rings. The van der Waals surface area contributed by atoms with E-state index in [-0.39, 0.29) is 19.6 Å². The Kier molecular flexibility index (Phi) is 6.41. The number of esters is 1. The Balaban J connectivity index is 2.76. The van der Waals surface area contributed by atoms with Crippen LogP contribution in [0.25, 0.3) is 0 Å². The summed E-state index contributed by atoms with van der Waals surface area (Å²) in [6, 6.07) is -1.02. The number of carbonyl (C=O) groups is 2. The third-order valence-corrected chi connectivity index (χ3v) is 5.09. The predicted octanol–water partition coefficient (Wildman–Crippen LogP) is 0.599. The number of rotatable bonds is 6. The van der Waals surface area contributed by atoms with Crippen LogP contribution >= 0.6 is 0 Å². The Hall–Kier alpha value is -1.15. The largest absolute Gasteiger partial charge is 0.480 e. The zero-order chi connectivity index (χ0) is 15.2. The molecule has 1 saturated heterocycles. The number of hydrogen-bond acceptors (Lipinski definition) is 5. The van der Waals surface area contributed by atoms with Gasteiger partial charge in [0.2, 0.25) is 10.0 Å². The molecular formula is C12H21NO6S. The first-order valence-corrected chi connectivity index (χ1v) is 8.37. The zero-order valence-corrected chi connectivity index (χ0v) is 12.4. The molecule has 8 heteroatoms. The number of sulfonamides is 1. The van der Waals surface area contributed by atoms with Gasteiger partial charge in [-0.1, -0.05) is 12.8 Å². The molecule has 1 heterocycles. The highest BCUT2D eigenvalue weighted by molar-refractivity contribution is 7.89. The molecule has 0 spiro atoms. The number of nitrogens with zero attached hydrogens (tertiary/aromatic N) is 1. The fourth-order valence-electron chi connectivity index (χ4n) is 2.22. The molecule has 1 N–H and O–H groups in total. The zero-order valence-electron chi connectivity index (χ0n) is 11.6. The third kappa shape index (κ3) is 4.75. The summed E-state index contributed by atoms with van der Waals surface area (Å²) in [6.07, 6.45) is 2.21. The monoisotopic (exact) mass is 307 g/mol. The molecule has 116 valence electrons. The fourth-order valence-corrected chi connectivity index (χ4v) is 3.87. The molecule has 0 aromatic heterocycles. The van der Waals surface area contributed by atoms with E-state index < -0.39 is 33.8 Å². The average Bonchev–Trinajstić information content (AvgIpc) is 2.63. The van der Waals surface area contributed by atoms with E-state index >= 15 is 0 Å². The number of hydrogen-bond donors (Lipinski definition) is 1. The van der Waals surface area contributed by atoms with Crippen LogP contribution in [0.5, 0.6) is 0 Å². The Morgan fingerprint density at radius 2 is 2.00 bits per heavy atom. The van der Waals surface area contributed by atoms with Gasteiger partial charge in [0.25, 0.3) is 0 Å². The lowest BCUT2D eigenvalue weighted by atomic mass is 10.1. The van der Waals surface area contributed by atoms with E-state index in [0.29, 0.717) is 19.3 Å². The molecule has 0 amide bonds. The van der Waals surface area contributed by atoms with E-state index in [4.69, 9.17) is 5.11 Å². The molecule has 1 aliphatic heterocycles. The van der Waals surface area contributed by atoms with Gasteiger partial charge in [-0.15, -0.1) is 0 Å². The van der Waals surface area contributed by atoms with Crippen LogP contribution in [0.15, 0.2) is 0 Å². The van der Waals surface area contributed by atoms with Gasteiger partial charge in [0, 0.05) is 6.54 Å². The van der Waals surface area contributed by atoms with Crippen molar-refractivity contribution in [3.05, 3.63) is 0 Å². The van der Waals surface area contributed by atoms with Gasteiger partial charge in [-0.2, -0.15) is 4.31 Å². The molecule has 0 aromatic carbocycles. The minimum atomic E-state index is -3.76. The van der Waals surface area contributed by atoms with E-state index in [1.165, 1.54) is 0 Å². The maximum absolute atomic E-state index is 12.2. The number of aliphatic carboxylic acids is 1. The van der Waals surface area contributed by atoms with Crippen molar-refractivity contribution >= 4 is 22.0 Å². The first kappa shape index (κ1) is 16.9. The normalized spacial score (nSPS) is 21.1. The van der Waals surface area contributed by atoms with E-state index in [0.717, 1.165) is 10.7 Å². The van der Waals surface area contributed by atoms with Crippen LogP contribution in [0.1, 0.15) is 39.0 Å². The molecule has 0 saturated carbocycles. The van der Waals surface area contributed by atoms with Gasteiger partial charge in [-0.3, -0.25) is 9.59 Å². The van der Waals surface area contributed by atoms with Crippen molar-refractivity contribution < 1.29 is 27.9 Å². The molecule has 0 radical (unpaired) electrons. The Morgan fingerprint density at radius 1 is 1.30 bits per heavy atom. The third-order valence-electron chi connectivity index (χ3n) is 3.22. The van der Waals surface area contributed by atoms with Crippen LogP contribution in [0.2, 0.25) is 0 Å². The van der Waals surface area contributed by atoms with Crippen LogP contribution in [-0.4, -0.2) is 54.7 Å². The smallest absolute Gasteiger partial charge is 0.322 e. The summed E-state index contributed by atoms with van der Waals surface area (Å²) in [7, 11) is -3.76. The maximum atomic E-state index is 12.2. The summed E-state index contributed by atoms with van der Waals surface area (Å²) in [5, 5.41) is 9.16. The van der Waals surface area contributed by atoms with Gasteiger partial charge >= 0.3 is 11.9 Å². The summed E-state index contributed by atoms with van der Waals surface area (Å²) in [5.74, 6) is -2.13. The van der Waals surface area contributed by atoms with Crippen LogP contribution in [0, 0.1) is 0 Å². The molecular weight excluding hydrogens is 286 g/mol. The lowest BCUT2D eigenvalue weighted by Crippen LogP contribution is -2.45. The van der Waals surface area contributed by atoms with Crippen molar-refractivity contribution in [1.82, 2.24) is 4.31 Å². The van der Waals surface area contributed by atoms with Crippen LogP contribution in [0.4, 0.5) is 0 Å². The van der Waals surface area contributed by atoms with Crippen molar-refractivity contribution in [2.45, 2.75) is 45.1 Å². The Bertz CT molecular complexity index is 447. The topological polar surface area (TPSA) is 101 Å². The second-order valence-electron chi connectivity index (χ2n) is 4.69. The first-order valence-electron chi connectivity index (χ1n) is 6.76. The van der Waals surface area contributed by atoms with Crippen molar-refractivity contribution in [1.29, 1.82) is 0 Å². The van der Waals surface area contributed by atoms with Crippen LogP contribution in [0.3, 0.4) is 0 Å². The van der Waals surface area contributed by atoms with Gasteiger partial charge in [0.05, 0.1) is 18.8 Å². The molecule has 1 rings (SSSR count). The van der Waals surface area contributed by atoms with Crippen molar-refractivity contribution in [3.63, 3.8) is 0 Å². The summed E-state index contributed by atoms with van der Waals surface area (Å²) in [6.45, 7) is 2.03. The van der Waals surface area contributed by atoms with Crippen LogP contribution in [-0.2, 0) is 24.3 Å². The highest BCUT2D eigenvalue weighted by Crippen LogP contribution is 2.21. The van der Waals surface area contributed by atoms with Gasteiger partial charge in [-0.25, -0.2) is 8.42 Å². The first-order chi connectivity index (χ1) is 9.38. The lowest BCUT2D eigenvalue weighted by molar-refractivity contribution is -0.142. The highest BCUT2D eigenvalue weighted by atomic mass is 32.2. The van der Waals surface area contributed by atoms with Gasteiger partial charge in [-0.05, 0) is 19.8 Å². The van der Waals surface area contributed by atoms with Gasteiger partial charge in [0.1, 0.15) is 6.04 Å². The van der Waals surface area contributed by atoms with E-state index in [1.54, 1.807) is 6.92 Å². The minimum Gasteiger partial charge on any atom is -0.480 e. The molecule has 20 heavy (non-hydrogen) atoms.